The Labute approximate surface area is 270 Å². The van der Waals surface area contributed by atoms with Crippen LogP contribution in [0, 0.1) is 0 Å². The van der Waals surface area contributed by atoms with Crippen LogP contribution in [0.5, 0.6) is 23.0 Å². The van der Waals surface area contributed by atoms with Gasteiger partial charge in [0.25, 0.3) is 0 Å². The number of benzene rings is 5. The summed E-state index contributed by atoms with van der Waals surface area (Å²) in [5.41, 5.74) is 31.7. The Bertz CT molecular complexity index is 1520. The molecule has 8 heteroatoms. The van der Waals surface area contributed by atoms with Crippen LogP contribution in [0.3, 0.4) is 0 Å². The van der Waals surface area contributed by atoms with Crippen LogP contribution in [-0.4, -0.2) is 14.2 Å². The Morgan fingerprint density at radius 3 is 0.848 bits per heavy atom. The van der Waals surface area contributed by atoms with Gasteiger partial charge in [0.05, 0.1) is 14.2 Å². The van der Waals surface area contributed by atoms with Crippen molar-refractivity contribution >= 4 is 0 Å². The SMILES string of the molecule is COc1ccc([C@H](N)[C@@H](N)c2ccc(OCc3ccc(COc4ccc([C@H](N)[C@@H](N)c5ccc(OC)cc5)cc4)cc3)cc2)cc1. The summed E-state index contributed by atoms with van der Waals surface area (Å²) >= 11 is 0. The average Bonchev–Trinajstić information content (AvgIpc) is 3.12. The number of ether oxygens (including phenoxy) is 4. The third-order valence-electron chi connectivity index (χ3n) is 8.14. The van der Waals surface area contributed by atoms with Crippen LogP contribution in [0.4, 0.5) is 0 Å². The monoisotopic (exact) mass is 618 g/mol. The fourth-order valence-corrected chi connectivity index (χ4v) is 5.12. The van der Waals surface area contributed by atoms with Gasteiger partial charge in [0.2, 0.25) is 0 Å². The minimum Gasteiger partial charge on any atom is -0.497 e. The van der Waals surface area contributed by atoms with E-state index in [9.17, 15) is 0 Å². The standard InChI is InChI=1S/C38H42N4O4/c1-43-31-15-7-27(8-16-31)35(39)37(41)29-11-19-33(20-12-29)45-23-25-3-5-26(6-4-25)24-46-34-21-13-30(14-22-34)38(42)36(40)28-9-17-32(44-2)18-10-28/h3-22,35-38H,23-24,39-42H2,1-2H3/t35-,36-,37-,38-/m0/s1. The van der Waals surface area contributed by atoms with Gasteiger partial charge in [0, 0.05) is 24.2 Å². The molecule has 0 aromatic heterocycles. The molecule has 0 saturated heterocycles. The predicted molar refractivity (Wildman–Crippen MR) is 182 cm³/mol. The van der Waals surface area contributed by atoms with Gasteiger partial charge in [-0.2, -0.15) is 0 Å². The zero-order valence-corrected chi connectivity index (χ0v) is 26.2. The fraction of sp³-hybridized carbons (Fsp3) is 0.211. The van der Waals surface area contributed by atoms with E-state index in [4.69, 9.17) is 41.9 Å². The summed E-state index contributed by atoms with van der Waals surface area (Å²) in [6, 6.07) is 37.6. The molecule has 5 aromatic rings. The Kier molecular flexibility index (Phi) is 10.9. The van der Waals surface area contributed by atoms with E-state index in [1.54, 1.807) is 14.2 Å². The van der Waals surface area contributed by atoms with Gasteiger partial charge in [-0.3, -0.25) is 0 Å². The highest BCUT2D eigenvalue weighted by Gasteiger charge is 2.19. The molecule has 5 aromatic carbocycles. The van der Waals surface area contributed by atoms with Crippen molar-refractivity contribution in [2.45, 2.75) is 37.4 Å². The zero-order valence-electron chi connectivity index (χ0n) is 26.2. The summed E-state index contributed by atoms with van der Waals surface area (Å²) in [4.78, 5) is 0. The second kappa shape index (κ2) is 15.4. The molecule has 8 N–H and O–H groups in total. The molecule has 0 amide bonds. The molecule has 238 valence electrons. The summed E-state index contributed by atoms with van der Waals surface area (Å²) in [6.07, 6.45) is 0. The first-order chi connectivity index (χ1) is 22.3. The summed E-state index contributed by atoms with van der Waals surface area (Å²) in [7, 11) is 3.27. The third-order valence-corrected chi connectivity index (χ3v) is 8.14. The highest BCUT2D eigenvalue weighted by atomic mass is 16.5. The van der Waals surface area contributed by atoms with Crippen molar-refractivity contribution in [2.75, 3.05) is 14.2 Å². The molecule has 0 spiro atoms. The Morgan fingerprint density at radius 1 is 0.370 bits per heavy atom. The number of hydrogen-bond acceptors (Lipinski definition) is 8. The van der Waals surface area contributed by atoms with E-state index in [1.165, 1.54) is 0 Å². The summed E-state index contributed by atoms with van der Waals surface area (Å²) in [5.74, 6) is 3.08. The largest absolute Gasteiger partial charge is 0.497 e. The second-order valence-electron chi connectivity index (χ2n) is 11.2. The van der Waals surface area contributed by atoms with E-state index >= 15 is 0 Å². The molecule has 0 saturated carbocycles. The first kappa shape index (κ1) is 32.5. The molecule has 46 heavy (non-hydrogen) atoms. The van der Waals surface area contributed by atoms with Gasteiger partial charge in [-0.25, -0.2) is 0 Å². The van der Waals surface area contributed by atoms with E-state index in [0.29, 0.717) is 13.2 Å². The lowest BCUT2D eigenvalue weighted by Crippen LogP contribution is -2.26. The molecule has 0 radical (unpaired) electrons. The molecule has 8 nitrogen and oxygen atoms in total. The molecule has 0 unspecified atom stereocenters. The first-order valence-corrected chi connectivity index (χ1v) is 15.2. The van der Waals surface area contributed by atoms with E-state index in [0.717, 1.165) is 56.4 Å². The van der Waals surface area contributed by atoms with Crippen molar-refractivity contribution in [3.8, 4) is 23.0 Å². The van der Waals surface area contributed by atoms with Crippen LogP contribution in [0.1, 0.15) is 57.5 Å². The van der Waals surface area contributed by atoms with E-state index in [2.05, 4.69) is 0 Å². The average molecular weight is 619 g/mol. The molecule has 4 atom stereocenters. The molecule has 0 aliphatic rings. The zero-order chi connectivity index (χ0) is 32.5. The maximum atomic E-state index is 6.47. The minimum atomic E-state index is -0.351. The van der Waals surface area contributed by atoms with Gasteiger partial charge < -0.3 is 41.9 Å². The van der Waals surface area contributed by atoms with Crippen molar-refractivity contribution in [1.29, 1.82) is 0 Å². The van der Waals surface area contributed by atoms with Gasteiger partial charge in [-0.05, 0) is 81.9 Å². The smallest absolute Gasteiger partial charge is 0.119 e. The van der Waals surface area contributed by atoms with Crippen LogP contribution in [-0.2, 0) is 13.2 Å². The highest BCUT2D eigenvalue weighted by Crippen LogP contribution is 2.29. The van der Waals surface area contributed by atoms with E-state index < -0.39 is 0 Å². The molecule has 0 bridgehead atoms. The van der Waals surface area contributed by atoms with Crippen molar-refractivity contribution in [1.82, 2.24) is 0 Å². The first-order valence-electron chi connectivity index (χ1n) is 15.2. The van der Waals surface area contributed by atoms with Crippen molar-refractivity contribution < 1.29 is 18.9 Å². The molecule has 0 aliphatic heterocycles. The number of hydrogen-bond donors (Lipinski definition) is 4. The number of nitrogens with two attached hydrogens (primary N) is 4. The lowest BCUT2D eigenvalue weighted by atomic mass is 9.95. The van der Waals surface area contributed by atoms with Gasteiger partial charge in [-0.1, -0.05) is 72.8 Å². The quantitative estimate of drug-likeness (QED) is 0.114. The Morgan fingerprint density at radius 2 is 0.609 bits per heavy atom. The van der Waals surface area contributed by atoms with Crippen molar-refractivity contribution in [3.63, 3.8) is 0 Å². The molecule has 5 rings (SSSR count). The van der Waals surface area contributed by atoms with Gasteiger partial charge >= 0.3 is 0 Å². The molecular formula is C38H42N4O4. The maximum Gasteiger partial charge on any atom is 0.119 e. The number of rotatable bonds is 14. The van der Waals surface area contributed by atoms with Crippen molar-refractivity contribution in [3.05, 3.63) is 155 Å². The number of methoxy groups -OCH3 is 2. The lowest BCUT2D eigenvalue weighted by molar-refractivity contribution is 0.302. The van der Waals surface area contributed by atoms with E-state index in [-0.39, 0.29) is 24.2 Å². The molecular weight excluding hydrogens is 576 g/mol. The lowest BCUT2D eigenvalue weighted by Gasteiger charge is -2.21. The van der Waals surface area contributed by atoms with Crippen LogP contribution < -0.4 is 41.9 Å². The molecule has 0 heterocycles. The second-order valence-corrected chi connectivity index (χ2v) is 11.2. The van der Waals surface area contributed by atoms with Crippen LogP contribution in [0.25, 0.3) is 0 Å². The topological polar surface area (TPSA) is 141 Å². The minimum absolute atomic E-state index is 0.340. The van der Waals surface area contributed by atoms with Gasteiger partial charge in [0.15, 0.2) is 0 Å². The van der Waals surface area contributed by atoms with Gasteiger partial charge in [0.1, 0.15) is 36.2 Å². The Balaban J connectivity index is 1.08. The fourth-order valence-electron chi connectivity index (χ4n) is 5.12. The Hall–Kier alpha value is -4.86. The molecule has 0 fully saturated rings. The van der Waals surface area contributed by atoms with Crippen LogP contribution in [0.15, 0.2) is 121 Å². The highest BCUT2D eigenvalue weighted by molar-refractivity contribution is 5.36. The van der Waals surface area contributed by atoms with Crippen molar-refractivity contribution in [2.24, 2.45) is 22.9 Å². The molecule has 0 aliphatic carbocycles. The van der Waals surface area contributed by atoms with Crippen LogP contribution in [0.2, 0.25) is 0 Å². The summed E-state index contributed by atoms with van der Waals surface area (Å²) in [5, 5.41) is 0. The third kappa shape index (κ3) is 8.24. The normalized spacial score (nSPS) is 13.7. The van der Waals surface area contributed by atoms with Gasteiger partial charge in [-0.15, -0.1) is 0 Å². The summed E-state index contributed by atoms with van der Waals surface area (Å²) < 4.78 is 22.5. The van der Waals surface area contributed by atoms with E-state index in [1.807, 2.05) is 121 Å². The summed E-state index contributed by atoms with van der Waals surface area (Å²) in [6.45, 7) is 0.885. The predicted octanol–water partition coefficient (Wildman–Crippen LogP) is 6.26. The van der Waals surface area contributed by atoms with Crippen LogP contribution >= 0.6 is 0 Å². The maximum absolute atomic E-state index is 6.47.